The molecule has 0 aromatic carbocycles. The van der Waals surface area contributed by atoms with E-state index in [1.165, 1.54) is 0 Å². The molecule has 0 atom stereocenters. The number of pyridine rings is 1. The average Bonchev–Trinajstić information content (AvgIpc) is 2.49. The number of hydrogen-bond donors (Lipinski definition) is 1. The molecule has 0 aliphatic rings. The van der Waals surface area contributed by atoms with Crippen molar-refractivity contribution in [1.82, 2.24) is 9.97 Å². The van der Waals surface area contributed by atoms with Crippen LogP contribution in [0.25, 0.3) is 10.9 Å². The van der Waals surface area contributed by atoms with Crippen LogP contribution in [0, 0.1) is 0 Å². The van der Waals surface area contributed by atoms with Crippen molar-refractivity contribution in [2.24, 2.45) is 0 Å². The highest BCUT2D eigenvalue weighted by atomic mass is 79.9. The molecule has 12 heavy (non-hydrogen) atoms. The van der Waals surface area contributed by atoms with Gasteiger partial charge in [0.25, 0.3) is 0 Å². The molecule has 2 heterocycles. The number of H-pyrrole nitrogens is 1. The number of carbonyl (C=O) groups excluding carboxylic acids is 1. The lowest BCUT2D eigenvalue weighted by Gasteiger charge is -1.89. The Hall–Kier alpha value is -1.16. The Kier molecular flexibility index (Phi) is 1.69. The molecule has 0 fully saturated rings. The normalized spacial score (nSPS) is 10.4. The minimum atomic E-state index is 0.568. The third-order valence-electron chi connectivity index (χ3n) is 1.64. The van der Waals surface area contributed by atoms with Crippen LogP contribution < -0.4 is 0 Å². The lowest BCUT2D eigenvalue weighted by Crippen LogP contribution is -1.75. The first kappa shape index (κ1) is 7.49. The molecule has 3 nitrogen and oxygen atoms in total. The van der Waals surface area contributed by atoms with Crippen LogP contribution in [0.3, 0.4) is 0 Å². The number of halogens is 1. The van der Waals surface area contributed by atoms with Crippen molar-refractivity contribution in [2.75, 3.05) is 0 Å². The molecule has 0 spiro atoms. The van der Waals surface area contributed by atoms with Gasteiger partial charge >= 0.3 is 0 Å². The van der Waals surface area contributed by atoms with Gasteiger partial charge in [0.1, 0.15) is 0 Å². The van der Waals surface area contributed by atoms with Crippen molar-refractivity contribution in [2.45, 2.75) is 0 Å². The molecular weight excluding hydrogens is 220 g/mol. The van der Waals surface area contributed by atoms with Crippen molar-refractivity contribution in [1.29, 1.82) is 0 Å². The van der Waals surface area contributed by atoms with Gasteiger partial charge in [-0.3, -0.25) is 9.78 Å². The van der Waals surface area contributed by atoms with Crippen LogP contribution in [-0.2, 0) is 0 Å². The SMILES string of the molecule is O=Cc1cc2c(Br)cncc2[nH]1. The number of rotatable bonds is 1. The Morgan fingerprint density at radius 3 is 3.00 bits per heavy atom. The van der Waals surface area contributed by atoms with E-state index in [1.54, 1.807) is 18.5 Å². The van der Waals surface area contributed by atoms with Crippen LogP contribution in [0.5, 0.6) is 0 Å². The molecule has 2 aromatic rings. The maximum Gasteiger partial charge on any atom is 0.166 e. The first-order chi connectivity index (χ1) is 5.81. The van der Waals surface area contributed by atoms with Gasteiger partial charge in [0.05, 0.1) is 17.4 Å². The van der Waals surface area contributed by atoms with E-state index in [4.69, 9.17) is 0 Å². The fourth-order valence-corrected chi connectivity index (χ4v) is 1.55. The topological polar surface area (TPSA) is 45.8 Å². The van der Waals surface area contributed by atoms with E-state index in [2.05, 4.69) is 25.9 Å². The Morgan fingerprint density at radius 2 is 2.33 bits per heavy atom. The Balaban J connectivity index is 2.82. The maximum absolute atomic E-state index is 10.4. The van der Waals surface area contributed by atoms with Crippen molar-refractivity contribution < 1.29 is 4.79 Å². The lowest BCUT2D eigenvalue weighted by molar-refractivity contribution is 0.112. The van der Waals surface area contributed by atoms with Crippen molar-refractivity contribution in [3.63, 3.8) is 0 Å². The molecule has 0 bridgehead atoms. The first-order valence-electron chi connectivity index (χ1n) is 3.38. The number of nitrogens with one attached hydrogen (secondary N) is 1. The maximum atomic E-state index is 10.4. The second kappa shape index (κ2) is 2.71. The summed E-state index contributed by atoms with van der Waals surface area (Å²) in [5.74, 6) is 0. The molecule has 0 unspecified atom stereocenters. The largest absolute Gasteiger partial charge is 0.351 e. The third kappa shape index (κ3) is 1.04. The van der Waals surface area contributed by atoms with Gasteiger partial charge in [-0.25, -0.2) is 0 Å². The summed E-state index contributed by atoms with van der Waals surface area (Å²) in [5, 5.41) is 0.979. The van der Waals surface area contributed by atoms with Crippen molar-refractivity contribution >= 4 is 33.1 Å². The average molecular weight is 225 g/mol. The van der Waals surface area contributed by atoms with Crippen molar-refractivity contribution in [3.05, 3.63) is 28.6 Å². The minimum Gasteiger partial charge on any atom is -0.351 e. The van der Waals surface area contributed by atoms with Crippen LogP contribution in [0.4, 0.5) is 0 Å². The first-order valence-corrected chi connectivity index (χ1v) is 4.18. The van der Waals surface area contributed by atoms with E-state index in [0.29, 0.717) is 5.69 Å². The van der Waals surface area contributed by atoms with Gasteiger partial charge in [0, 0.05) is 16.1 Å². The summed E-state index contributed by atoms with van der Waals surface area (Å²) in [5.41, 5.74) is 1.44. The number of aromatic amines is 1. The van der Waals surface area contributed by atoms with Gasteiger partial charge in [0.15, 0.2) is 6.29 Å². The van der Waals surface area contributed by atoms with Crippen LogP contribution in [0.1, 0.15) is 10.5 Å². The standard InChI is InChI=1S/C8H5BrN2O/c9-7-2-10-3-8-6(7)1-5(4-12)11-8/h1-4,11H. The van der Waals surface area contributed by atoms with Gasteiger partial charge in [-0.05, 0) is 22.0 Å². The Labute approximate surface area is 76.9 Å². The summed E-state index contributed by atoms with van der Waals surface area (Å²) >= 11 is 3.34. The minimum absolute atomic E-state index is 0.568. The zero-order valence-electron chi connectivity index (χ0n) is 6.04. The molecule has 2 aromatic heterocycles. The molecule has 0 saturated carbocycles. The second-order valence-corrected chi connectivity index (χ2v) is 3.28. The van der Waals surface area contributed by atoms with Gasteiger partial charge in [-0.2, -0.15) is 0 Å². The molecule has 4 heteroatoms. The Bertz CT molecular complexity index is 436. The third-order valence-corrected chi connectivity index (χ3v) is 2.28. The van der Waals surface area contributed by atoms with Gasteiger partial charge < -0.3 is 4.98 Å². The molecule has 60 valence electrons. The quantitative estimate of drug-likeness (QED) is 0.755. The van der Waals surface area contributed by atoms with Gasteiger partial charge in [-0.1, -0.05) is 0 Å². The zero-order chi connectivity index (χ0) is 8.55. The van der Waals surface area contributed by atoms with E-state index in [0.717, 1.165) is 21.7 Å². The molecule has 0 saturated heterocycles. The molecule has 0 aliphatic carbocycles. The molecule has 0 amide bonds. The number of nitrogens with zero attached hydrogens (tertiary/aromatic N) is 1. The lowest BCUT2D eigenvalue weighted by atomic mass is 10.3. The monoisotopic (exact) mass is 224 g/mol. The highest BCUT2D eigenvalue weighted by molar-refractivity contribution is 9.10. The van der Waals surface area contributed by atoms with Crippen LogP contribution >= 0.6 is 15.9 Å². The molecule has 0 radical (unpaired) electrons. The molecular formula is C8H5BrN2O. The van der Waals surface area contributed by atoms with E-state index in [9.17, 15) is 4.79 Å². The number of aldehydes is 1. The molecule has 0 aliphatic heterocycles. The van der Waals surface area contributed by atoms with E-state index in [1.807, 2.05) is 0 Å². The smallest absolute Gasteiger partial charge is 0.166 e. The van der Waals surface area contributed by atoms with E-state index in [-0.39, 0.29) is 0 Å². The predicted molar refractivity (Wildman–Crippen MR) is 49.2 cm³/mol. The zero-order valence-corrected chi connectivity index (χ0v) is 7.63. The van der Waals surface area contributed by atoms with E-state index >= 15 is 0 Å². The highest BCUT2D eigenvalue weighted by Crippen LogP contribution is 2.22. The molecule has 1 N–H and O–H groups in total. The summed E-state index contributed by atoms with van der Waals surface area (Å²) in [4.78, 5) is 17.3. The highest BCUT2D eigenvalue weighted by Gasteiger charge is 2.02. The van der Waals surface area contributed by atoms with Gasteiger partial charge in [0.2, 0.25) is 0 Å². The van der Waals surface area contributed by atoms with Crippen LogP contribution in [-0.4, -0.2) is 16.3 Å². The van der Waals surface area contributed by atoms with Gasteiger partial charge in [-0.15, -0.1) is 0 Å². The van der Waals surface area contributed by atoms with Crippen LogP contribution in [0.15, 0.2) is 22.9 Å². The number of hydrogen-bond acceptors (Lipinski definition) is 2. The Morgan fingerprint density at radius 1 is 1.50 bits per heavy atom. The number of fused-ring (bicyclic) bond motifs is 1. The number of aromatic nitrogens is 2. The van der Waals surface area contributed by atoms with Crippen molar-refractivity contribution in [3.8, 4) is 0 Å². The number of carbonyl (C=O) groups is 1. The van der Waals surface area contributed by atoms with E-state index < -0.39 is 0 Å². The second-order valence-electron chi connectivity index (χ2n) is 2.43. The van der Waals surface area contributed by atoms with Crippen LogP contribution in [0.2, 0.25) is 0 Å². The summed E-state index contributed by atoms with van der Waals surface area (Å²) in [6, 6.07) is 1.79. The summed E-state index contributed by atoms with van der Waals surface area (Å²) in [6.45, 7) is 0. The fraction of sp³-hybridized carbons (Fsp3) is 0. The summed E-state index contributed by atoms with van der Waals surface area (Å²) < 4.78 is 0.893. The summed E-state index contributed by atoms with van der Waals surface area (Å²) in [6.07, 6.45) is 4.17. The summed E-state index contributed by atoms with van der Waals surface area (Å²) in [7, 11) is 0. The molecule has 2 rings (SSSR count). The predicted octanol–water partition coefficient (Wildman–Crippen LogP) is 2.14. The fourth-order valence-electron chi connectivity index (χ4n) is 1.10.